The molecule has 0 aliphatic carbocycles. The Kier molecular flexibility index (Phi) is 3.76. The standard InChI is InChI=1S/C15H14ClNO2S/c1-9-11(4-6-19-9)15(18)17-13-5-7-20-14-3-2-10(16)8-12(13)14/h2-4,6,8,13H,5,7H2,1H3,(H,17,18)/t13-/m0/s1. The molecule has 0 saturated heterocycles. The highest BCUT2D eigenvalue weighted by atomic mass is 35.5. The third-order valence-corrected chi connectivity index (χ3v) is 4.78. The maximum Gasteiger partial charge on any atom is 0.255 e. The number of nitrogens with one attached hydrogen (secondary N) is 1. The summed E-state index contributed by atoms with van der Waals surface area (Å²) in [6, 6.07) is 7.55. The van der Waals surface area contributed by atoms with Crippen molar-refractivity contribution in [2.24, 2.45) is 0 Å². The van der Waals surface area contributed by atoms with E-state index in [2.05, 4.69) is 5.32 Å². The van der Waals surface area contributed by atoms with Gasteiger partial charge >= 0.3 is 0 Å². The monoisotopic (exact) mass is 307 g/mol. The van der Waals surface area contributed by atoms with Crippen molar-refractivity contribution < 1.29 is 9.21 Å². The van der Waals surface area contributed by atoms with E-state index < -0.39 is 0 Å². The number of halogens is 1. The maximum absolute atomic E-state index is 12.3. The molecule has 1 aliphatic rings. The highest BCUT2D eigenvalue weighted by molar-refractivity contribution is 7.99. The number of benzene rings is 1. The van der Waals surface area contributed by atoms with Crippen molar-refractivity contribution >= 4 is 29.3 Å². The van der Waals surface area contributed by atoms with Crippen molar-refractivity contribution in [1.82, 2.24) is 5.32 Å². The Morgan fingerprint density at radius 3 is 3.05 bits per heavy atom. The lowest BCUT2D eigenvalue weighted by Crippen LogP contribution is -2.30. The summed E-state index contributed by atoms with van der Waals surface area (Å²) < 4.78 is 5.18. The summed E-state index contributed by atoms with van der Waals surface area (Å²) >= 11 is 7.87. The van der Waals surface area contributed by atoms with Crippen LogP contribution in [0.4, 0.5) is 0 Å². The lowest BCUT2D eigenvalue weighted by atomic mass is 10.0. The van der Waals surface area contributed by atoms with E-state index in [1.165, 1.54) is 11.2 Å². The molecule has 3 rings (SSSR count). The number of rotatable bonds is 2. The second kappa shape index (κ2) is 5.54. The highest BCUT2D eigenvalue weighted by Gasteiger charge is 2.24. The molecule has 5 heteroatoms. The van der Waals surface area contributed by atoms with Crippen LogP contribution in [0.5, 0.6) is 0 Å². The van der Waals surface area contributed by atoms with E-state index >= 15 is 0 Å². The number of aryl methyl sites for hydroxylation is 1. The Hall–Kier alpha value is -1.39. The van der Waals surface area contributed by atoms with E-state index in [9.17, 15) is 4.79 Å². The van der Waals surface area contributed by atoms with Crippen molar-refractivity contribution in [3.63, 3.8) is 0 Å². The van der Waals surface area contributed by atoms with Crippen LogP contribution in [0.25, 0.3) is 0 Å². The average Bonchev–Trinajstić information content (AvgIpc) is 2.86. The summed E-state index contributed by atoms with van der Waals surface area (Å²) in [5, 5.41) is 3.77. The number of amides is 1. The summed E-state index contributed by atoms with van der Waals surface area (Å²) in [7, 11) is 0. The Balaban J connectivity index is 1.85. The van der Waals surface area contributed by atoms with Crippen LogP contribution in [0, 0.1) is 6.92 Å². The molecule has 1 aromatic carbocycles. The minimum absolute atomic E-state index is 0.00625. The Bertz CT molecular complexity index is 653. The lowest BCUT2D eigenvalue weighted by Gasteiger charge is -2.26. The minimum Gasteiger partial charge on any atom is -0.469 e. The van der Waals surface area contributed by atoms with Gasteiger partial charge in [0.2, 0.25) is 0 Å². The first kappa shape index (κ1) is 13.6. The quantitative estimate of drug-likeness (QED) is 0.903. The fourth-order valence-corrected chi connectivity index (χ4v) is 3.66. The average molecular weight is 308 g/mol. The molecular weight excluding hydrogens is 294 g/mol. The smallest absolute Gasteiger partial charge is 0.255 e. The zero-order valence-corrected chi connectivity index (χ0v) is 12.6. The van der Waals surface area contributed by atoms with Gasteiger partial charge in [0.25, 0.3) is 5.91 Å². The molecule has 0 fully saturated rings. The zero-order valence-electron chi connectivity index (χ0n) is 11.0. The molecule has 3 nitrogen and oxygen atoms in total. The van der Waals surface area contributed by atoms with E-state index in [0.29, 0.717) is 16.3 Å². The van der Waals surface area contributed by atoms with Gasteiger partial charge in [-0.1, -0.05) is 11.6 Å². The third kappa shape index (κ3) is 2.58. The van der Waals surface area contributed by atoms with Crippen LogP contribution in [-0.2, 0) is 0 Å². The van der Waals surface area contributed by atoms with Crippen LogP contribution < -0.4 is 5.32 Å². The highest BCUT2D eigenvalue weighted by Crippen LogP contribution is 2.37. The number of thioether (sulfide) groups is 1. The Labute approximate surface area is 126 Å². The molecule has 2 heterocycles. The molecule has 0 radical (unpaired) electrons. The lowest BCUT2D eigenvalue weighted by molar-refractivity contribution is 0.0933. The molecule has 104 valence electrons. The molecule has 1 atom stereocenters. The molecule has 20 heavy (non-hydrogen) atoms. The van der Waals surface area contributed by atoms with Gasteiger partial charge in [-0.25, -0.2) is 0 Å². The van der Waals surface area contributed by atoms with Crippen molar-refractivity contribution in [3.8, 4) is 0 Å². The normalized spacial score (nSPS) is 17.6. The van der Waals surface area contributed by atoms with Crippen LogP contribution >= 0.6 is 23.4 Å². The Morgan fingerprint density at radius 2 is 2.30 bits per heavy atom. The van der Waals surface area contributed by atoms with E-state index in [0.717, 1.165) is 17.7 Å². The van der Waals surface area contributed by atoms with Crippen molar-refractivity contribution in [2.75, 3.05) is 5.75 Å². The number of carbonyl (C=O) groups is 1. The first-order valence-corrected chi connectivity index (χ1v) is 7.78. The van der Waals surface area contributed by atoms with Gasteiger partial charge in [-0.15, -0.1) is 11.8 Å². The first-order chi connectivity index (χ1) is 9.65. The maximum atomic E-state index is 12.3. The third-order valence-electron chi connectivity index (χ3n) is 3.42. The number of furan rings is 1. The summed E-state index contributed by atoms with van der Waals surface area (Å²) in [5.74, 6) is 1.53. The van der Waals surface area contributed by atoms with Gasteiger partial charge in [-0.3, -0.25) is 4.79 Å². The van der Waals surface area contributed by atoms with E-state index in [1.54, 1.807) is 24.8 Å². The van der Waals surface area contributed by atoms with Crippen LogP contribution in [0.3, 0.4) is 0 Å². The van der Waals surface area contributed by atoms with E-state index in [4.69, 9.17) is 16.0 Å². The molecule has 0 unspecified atom stereocenters. The van der Waals surface area contributed by atoms with Crippen LogP contribution in [0.1, 0.15) is 34.1 Å². The molecule has 0 spiro atoms. The molecular formula is C15H14ClNO2S. The van der Waals surface area contributed by atoms with Gasteiger partial charge in [-0.2, -0.15) is 0 Å². The van der Waals surface area contributed by atoms with E-state index in [1.807, 2.05) is 18.2 Å². The predicted molar refractivity (Wildman–Crippen MR) is 80.4 cm³/mol. The van der Waals surface area contributed by atoms with Gasteiger partial charge < -0.3 is 9.73 Å². The number of hydrogen-bond donors (Lipinski definition) is 1. The topological polar surface area (TPSA) is 42.2 Å². The fraction of sp³-hybridized carbons (Fsp3) is 0.267. The number of fused-ring (bicyclic) bond motifs is 1. The second-order valence-corrected chi connectivity index (χ2v) is 6.31. The predicted octanol–water partition coefficient (Wildman–Crippen LogP) is 4.21. The molecule has 1 N–H and O–H groups in total. The molecule has 2 aromatic rings. The van der Waals surface area contributed by atoms with Crippen molar-refractivity contribution in [2.45, 2.75) is 24.3 Å². The summed E-state index contributed by atoms with van der Waals surface area (Å²) in [4.78, 5) is 13.5. The number of carbonyl (C=O) groups excluding carboxylic acids is 1. The van der Waals surface area contributed by atoms with Gasteiger partial charge in [-0.05, 0) is 43.2 Å². The summed E-state index contributed by atoms with van der Waals surface area (Å²) in [5.41, 5.74) is 1.69. The largest absolute Gasteiger partial charge is 0.469 e. The fourth-order valence-electron chi connectivity index (χ4n) is 2.37. The molecule has 1 aromatic heterocycles. The van der Waals surface area contributed by atoms with Crippen molar-refractivity contribution in [3.05, 3.63) is 52.4 Å². The molecule has 0 bridgehead atoms. The van der Waals surface area contributed by atoms with E-state index in [-0.39, 0.29) is 11.9 Å². The minimum atomic E-state index is -0.0981. The van der Waals surface area contributed by atoms with Gasteiger partial charge in [0.15, 0.2) is 0 Å². The summed E-state index contributed by atoms with van der Waals surface area (Å²) in [6.07, 6.45) is 2.44. The SMILES string of the molecule is Cc1occc1C(=O)N[C@H]1CCSc2ccc(Cl)cc21. The number of hydrogen-bond acceptors (Lipinski definition) is 3. The first-order valence-electron chi connectivity index (χ1n) is 6.42. The Morgan fingerprint density at radius 1 is 1.45 bits per heavy atom. The van der Waals surface area contributed by atoms with Gasteiger partial charge in [0.1, 0.15) is 5.76 Å². The van der Waals surface area contributed by atoms with Crippen LogP contribution in [-0.4, -0.2) is 11.7 Å². The van der Waals surface area contributed by atoms with Crippen LogP contribution in [0.2, 0.25) is 5.02 Å². The van der Waals surface area contributed by atoms with Crippen LogP contribution in [0.15, 0.2) is 39.8 Å². The molecule has 0 saturated carbocycles. The second-order valence-electron chi connectivity index (χ2n) is 4.74. The van der Waals surface area contributed by atoms with Gasteiger partial charge in [0.05, 0.1) is 17.9 Å². The van der Waals surface area contributed by atoms with Gasteiger partial charge in [0, 0.05) is 15.7 Å². The summed E-state index contributed by atoms with van der Waals surface area (Å²) in [6.45, 7) is 1.79. The molecule has 1 amide bonds. The van der Waals surface area contributed by atoms with Crippen molar-refractivity contribution in [1.29, 1.82) is 0 Å². The molecule has 1 aliphatic heterocycles. The zero-order chi connectivity index (χ0) is 14.1.